The molecular formula is C9H7Cl3N2O2. The minimum atomic E-state index is -1.85. The van der Waals surface area contributed by atoms with E-state index in [1.54, 1.807) is 0 Å². The fraction of sp³-hybridized carbons (Fsp3) is 0.111. The number of alkyl halides is 3. The van der Waals surface area contributed by atoms with Crippen LogP contribution in [0.4, 0.5) is 0 Å². The Balaban J connectivity index is 3.58. The molecule has 0 fully saturated rings. The number of carbonyl (C=O) groups excluding carboxylic acids is 2. The van der Waals surface area contributed by atoms with Crippen LogP contribution < -0.4 is 11.5 Å². The van der Waals surface area contributed by atoms with E-state index in [2.05, 4.69) is 0 Å². The van der Waals surface area contributed by atoms with Crippen molar-refractivity contribution in [3.8, 4) is 0 Å². The van der Waals surface area contributed by atoms with Crippen LogP contribution in [-0.2, 0) is 3.79 Å². The van der Waals surface area contributed by atoms with E-state index in [0.717, 1.165) is 0 Å². The molecule has 7 heteroatoms. The average molecular weight is 282 g/mol. The Labute approximate surface area is 106 Å². The van der Waals surface area contributed by atoms with Gasteiger partial charge < -0.3 is 11.5 Å². The molecule has 86 valence electrons. The first kappa shape index (κ1) is 13.1. The van der Waals surface area contributed by atoms with Gasteiger partial charge in [0.2, 0.25) is 15.6 Å². The zero-order valence-corrected chi connectivity index (χ0v) is 10.1. The molecule has 0 unspecified atom stereocenters. The highest BCUT2D eigenvalue weighted by molar-refractivity contribution is 6.67. The van der Waals surface area contributed by atoms with Gasteiger partial charge in [0.15, 0.2) is 0 Å². The maximum atomic E-state index is 11.2. The Hall–Kier alpha value is -0.970. The number of rotatable bonds is 2. The van der Waals surface area contributed by atoms with Crippen LogP contribution in [0.3, 0.4) is 0 Å². The molecule has 0 aliphatic heterocycles. The van der Waals surface area contributed by atoms with Crippen molar-refractivity contribution in [1.82, 2.24) is 0 Å². The quantitative estimate of drug-likeness (QED) is 0.809. The fourth-order valence-corrected chi connectivity index (χ4v) is 1.73. The van der Waals surface area contributed by atoms with Crippen molar-refractivity contribution in [3.05, 3.63) is 34.9 Å². The van der Waals surface area contributed by atoms with Gasteiger partial charge in [-0.25, -0.2) is 0 Å². The lowest BCUT2D eigenvalue weighted by molar-refractivity contribution is 0.0966. The predicted molar refractivity (Wildman–Crippen MR) is 62.7 cm³/mol. The van der Waals surface area contributed by atoms with Gasteiger partial charge in [0.25, 0.3) is 0 Å². The average Bonchev–Trinajstić information content (AvgIpc) is 2.14. The summed E-state index contributed by atoms with van der Waals surface area (Å²) in [5.74, 6) is -1.69. The van der Waals surface area contributed by atoms with Gasteiger partial charge in [-0.2, -0.15) is 0 Å². The molecule has 0 aliphatic rings. The molecule has 2 amide bonds. The lowest BCUT2D eigenvalue weighted by Gasteiger charge is -2.16. The number of carbonyl (C=O) groups is 2. The summed E-state index contributed by atoms with van der Waals surface area (Å²) in [6, 6.07) is 4.17. The summed E-state index contributed by atoms with van der Waals surface area (Å²) in [5.41, 5.74) is 10.0. The van der Waals surface area contributed by atoms with Gasteiger partial charge in [0.05, 0.1) is 11.1 Å². The maximum Gasteiger partial charge on any atom is 0.249 e. The highest BCUT2D eigenvalue weighted by Gasteiger charge is 2.30. The Morgan fingerprint density at radius 3 is 2.00 bits per heavy atom. The van der Waals surface area contributed by atoms with Crippen LogP contribution in [0.25, 0.3) is 0 Å². The molecule has 16 heavy (non-hydrogen) atoms. The fourth-order valence-electron chi connectivity index (χ4n) is 1.26. The van der Waals surface area contributed by atoms with Crippen molar-refractivity contribution in [2.45, 2.75) is 3.79 Å². The number of hydrogen-bond donors (Lipinski definition) is 2. The topological polar surface area (TPSA) is 86.2 Å². The molecule has 4 nitrogen and oxygen atoms in total. The van der Waals surface area contributed by atoms with Gasteiger partial charge in [-0.15, -0.1) is 0 Å². The Morgan fingerprint density at radius 1 is 1.06 bits per heavy atom. The number of hydrogen-bond acceptors (Lipinski definition) is 2. The molecule has 1 aromatic carbocycles. The molecular weight excluding hydrogens is 274 g/mol. The van der Waals surface area contributed by atoms with Crippen LogP contribution in [0.5, 0.6) is 0 Å². The Morgan fingerprint density at radius 2 is 1.62 bits per heavy atom. The molecule has 0 atom stereocenters. The smallest absolute Gasteiger partial charge is 0.249 e. The summed E-state index contributed by atoms with van der Waals surface area (Å²) in [5, 5.41) is 0. The molecule has 0 radical (unpaired) electrons. The van der Waals surface area contributed by atoms with Crippen molar-refractivity contribution < 1.29 is 9.59 Å². The van der Waals surface area contributed by atoms with E-state index < -0.39 is 15.6 Å². The van der Waals surface area contributed by atoms with E-state index in [4.69, 9.17) is 46.3 Å². The lowest BCUT2D eigenvalue weighted by Crippen LogP contribution is -2.24. The van der Waals surface area contributed by atoms with Gasteiger partial charge in [0, 0.05) is 5.56 Å². The number of primary amides is 2. The zero-order valence-electron chi connectivity index (χ0n) is 7.84. The molecule has 4 N–H and O–H groups in total. The van der Waals surface area contributed by atoms with Gasteiger partial charge in [-0.3, -0.25) is 9.59 Å². The first-order valence-corrected chi connectivity index (χ1v) is 5.18. The van der Waals surface area contributed by atoms with Crippen molar-refractivity contribution >= 4 is 46.6 Å². The third-order valence-corrected chi connectivity index (χ3v) is 2.49. The van der Waals surface area contributed by atoms with Crippen molar-refractivity contribution in [1.29, 1.82) is 0 Å². The Kier molecular flexibility index (Phi) is 3.68. The second kappa shape index (κ2) is 4.49. The molecule has 0 saturated carbocycles. The third-order valence-electron chi connectivity index (χ3n) is 1.88. The van der Waals surface area contributed by atoms with E-state index >= 15 is 0 Å². The number of amides is 2. The SMILES string of the molecule is NC(=O)c1cccc(C(Cl)(Cl)Cl)c1C(N)=O. The number of halogens is 3. The minimum absolute atomic E-state index is 0.0290. The van der Waals surface area contributed by atoms with Gasteiger partial charge in [-0.05, 0) is 6.07 Å². The molecule has 0 aromatic heterocycles. The first-order chi connectivity index (χ1) is 7.25. The van der Waals surface area contributed by atoms with Crippen LogP contribution in [0, 0.1) is 0 Å². The second-order valence-electron chi connectivity index (χ2n) is 2.95. The van der Waals surface area contributed by atoms with Gasteiger partial charge in [-0.1, -0.05) is 46.9 Å². The zero-order chi connectivity index (χ0) is 12.5. The van der Waals surface area contributed by atoms with Crippen LogP contribution in [0.2, 0.25) is 0 Å². The molecule has 1 aromatic rings. The van der Waals surface area contributed by atoms with Crippen molar-refractivity contribution in [2.24, 2.45) is 11.5 Å². The van der Waals surface area contributed by atoms with Gasteiger partial charge in [0.1, 0.15) is 0 Å². The summed E-state index contributed by atoms with van der Waals surface area (Å²) in [6.07, 6.45) is 0. The molecule has 1 rings (SSSR count). The predicted octanol–water partition coefficient (Wildman–Crippen LogP) is 1.71. The maximum absolute atomic E-state index is 11.2. The standard InChI is InChI=1S/C9H7Cl3N2O2/c10-9(11,12)5-3-1-2-4(7(13)15)6(5)8(14)16/h1-3H,(H2,13,15)(H2,14,16). The number of benzene rings is 1. The monoisotopic (exact) mass is 280 g/mol. The highest BCUT2D eigenvalue weighted by atomic mass is 35.6. The molecule has 0 spiro atoms. The van der Waals surface area contributed by atoms with E-state index in [-0.39, 0.29) is 16.7 Å². The van der Waals surface area contributed by atoms with Crippen molar-refractivity contribution in [2.75, 3.05) is 0 Å². The minimum Gasteiger partial charge on any atom is -0.366 e. The summed E-state index contributed by atoms with van der Waals surface area (Å²) >= 11 is 17.0. The second-order valence-corrected chi connectivity index (χ2v) is 5.24. The van der Waals surface area contributed by atoms with Crippen LogP contribution >= 0.6 is 34.8 Å². The summed E-state index contributed by atoms with van der Waals surface area (Å²) in [4.78, 5) is 22.3. The largest absolute Gasteiger partial charge is 0.366 e. The Bertz CT molecular complexity index is 455. The summed E-state index contributed by atoms with van der Waals surface area (Å²) < 4.78 is -1.85. The number of nitrogens with two attached hydrogens (primary N) is 2. The van der Waals surface area contributed by atoms with Gasteiger partial charge >= 0.3 is 0 Å². The first-order valence-electron chi connectivity index (χ1n) is 4.05. The normalized spacial score (nSPS) is 11.2. The van der Waals surface area contributed by atoms with Crippen LogP contribution in [0.15, 0.2) is 18.2 Å². The van der Waals surface area contributed by atoms with E-state index in [9.17, 15) is 9.59 Å². The third kappa shape index (κ3) is 2.58. The lowest BCUT2D eigenvalue weighted by atomic mass is 10.0. The molecule has 0 saturated heterocycles. The van der Waals surface area contributed by atoms with Crippen molar-refractivity contribution in [3.63, 3.8) is 0 Å². The van der Waals surface area contributed by atoms with E-state index in [1.807, 2.05) is 0 Å². The van der Waals surface area contributed by atoms with E-state index in [1.165, 1.54) is 18.2 Å². The molecule has 0 heterocycles. The molecule has 0 aliphatic carbocycles. The summed E-state index contributed by atoms with van der Waals surface area (Å²) in [7, 11) is 0. The molecule has 0 bridgehead atoms. The van der Waals surface area contributed by atoms with Crippen LogP contribution in [-0.4, -0.2) is 11.8 Å². The summed E-state index contributed by atoms with van der Waals surface area (Å²) in [6.45, 7) is 0. The highest BCUT2D eigenvalue weighted by Crippen LogP contribution is 2.40. The van der Waals surface area contributed by atoms with E-state index in [0.29, 0.717) is 0 Å². The van der Waals surface area contributed by atoms with Crippen LogP contribution in [0.1, 0.15) is 26.3 Å².